The predicted molar refractivity (Wildman–Crippen MR) is 80.0 cm³/mol. The molecule has 3 rings (SSSR count). The molecule has 0 unspecified atom stereocenters. The lowest BCUT2D eigenvalue weighted by atomic mass is 10.3. The Hall–Kier alpha value is -2.46. The number of amides is 1. The van der Waals surface area contributed by atoms with E-state index in [2.05, 4.69) is 10.1 Å². The Labute approximate surface area is 135 Å². The maximum Gasteiger partial charge on any atom is 0.273 e. The smallest absolute Gasteiger partial charge is 0.273 e. The number of rotatable bonds is 6. The number of sulfonamides is 1. The molecule has 1 N–H and O–H groups in total. The first-order valence-electron chi connectivity index (χ1n) is 6.50. The summed E-state index contributed by atoms with van der Waals surface area (Å²) in [5, 5.41) is 5.34. The number of carbonyl (C=O) groups is 1. The molecule has 0 aromatic carbocycles. The van der Waals surface area contributed by atoms with Gasteiger partial charge in [-0.05, 0) is 23.6 Å². The zero-order chi connectivity index (χ0) is 16.3. The normalized spacial score (nSPS) is 11.5. The van der Waals surface area contributed by atoms with Gasteiger partial charge in [0, 0.05) is 12.8 Å². The van der Waals surface area contributed by atoms with Crippen LogP contribution in [0.15, 0.2) is 49.1 Å². The molecule has 0 spiro atoms. The van der Waals surface area contributed by atoms with Crippen molar-refractivity contribution in [2.75, 3.05) is 0 Å². The SMILES string of the molecule is O=C(CCc1nc(-c2ccco2)no1)NS(=O)(=O)c1cccs1. The summed E-state index contributed by atoms with van der Waals surface area (Å²) in [5.74, 6) is 0.303. The fraction of sp³-hybridized carbons (Fsp3) is 0.154. The van der Waals surface area contributed by atoms with Crippen LogP contribution in [0.4, 0.5) is 0 Å². The minimum absolute atomic E-state index is 0.0868. The van der Waals surface area contributed by atoms with Crippen molar-refractivity contribution in [1.82, 2.24) is 14.9 Å². The first kappa shape index (κ1) is 15.4. The Kier molecular flexibility index (Phi) is 4.26. The van der Waals surface area contributed by atoms with Gasteiger partial charge in [-0.15, -0.1) is 11.3 Å². The maximum absolute atomic E-state index is 11.9. The average molecular weight is 353 g/mol. The second-order valence-corrected chi connectivity index (χ2v) is 7.31. The van der Waals surface area contributed by atoms with E-state index in [1.54, 1.807) is 23.6 Å². The lowest BCUT2D eigenvalue weighted by Gasteiger charge is -2.03. The summed E-state index contributed by atoms with van der Waals surface area (Å²) in [4.78, 5) is 15.8. The van der Waals surface area contributed by atoms with Crippen molar-refractivity contribution in [3.05, 3.63) is 41.8 Å². The monoisotopic (exact) mass is 353 g/mol. The highest BCUT2D eigenvalue weighted by Gasteiger charge is 2.19. The number of furan rings is 1. The highest BCUT2D eigenvalue weighted by Crippen LogP contribution is 2.17. The van der Waals surface area contributed by atoms with Crippen LogP contribution < -0.4 is 4.72 Å². The van der Waals surface area contributed by atoms with Gasteiger partial charge >= 0.3 is 0 Å². The van der Waals surface area contributed by atoms with E-state index in [-0.39, 0.29) is 28.8 Å². The predicted octanol–water partition coefficient (Wildman–Crippen LogP) is 1.83. The molecular weight excluding hydrogens is 342 g/mol. The van der Waals surface area contributed by atoms with Crippen LogP contribution in [0.5, 0.6) is 0 Å². The van der Waals surface area contributed by atoms with Gasteiger partial charge in [0.15, 0.2) is 5.76 Å². The zero-order valence-electron chi connectivity index (χ0n) is 11.6. The van der Waals surface area contributed by atoms with Crippen LogP contribution in [0.25, 0.3) is 11.6 Å². The van der Waals surface area contributed by atoms with Gasteiger partial charge in [0.05, 0.1) is 6.26 Å². The number of hydrogen-bond acceptors (Lipinski definition) is 8. The summed E-state index contributed by atoms with van der Waals surface area (Å²) >= 11 is 1.03. The third-order valence-corrected chi connectivity index (χ3v) is 5.55. The molecule has 3 heterocycles. The highest BCUT2D eigenvalue weighted by atomic mass is 32.2. The first-order valence-corrected chi connectivity index (χ1v) is 8.86. The highest BCUT2D eigenvalue weighted by molar-refractivity contribution is 7.92. The summed E-state index contributed by atoms with van der Waals surface area (Å²) in [6.45, 7) is 0. The van der Waals surface area contributed by atoms with E-state index in [0.717, 1.165) is 11.3 Å². The van der Waals surface area contributed by atoms with Crippen molar-refractivity contribution in [2.45, 2.75) is 17.1 Å². The van der Waals surface area contributed by atoms with Gasteiger partial charge in [-0.3, -0.25) is 4.79 Å². The van der Waals surface area contributed by atoms with E-state index in [4.69, 9.17) is 8.94 Å². The Balaban J connectivity index is 1.57. The minimum Gasteiger partial charge on any atom is -0.461 e. The largest absolute Gasteiger partial charge is 0.461 e. The van der Waals surface area contributed by atoms with Crippen molar-refractivity contribution < 1.29 is 22.2 Å². The quantitative estimate of drug-likeness (QED) is 0.718. The van der Waals surface area contributed by atoms with E-state index >= 15 is 0 Å². The molecule has 0 aliphatic rings. The van der Waals surface area contributed by atoms with Gasteiger partial charge in [0.1, 0.15) is 4.21 Å². The molecule has 0 saturated carbocycles. The van der Waals surface area contributed by atoms with Crippen molar-refractivity contribution in [1.29, 1.82) is 0 Å². The maximum atomic E-state index is 11.9. The van der Waals surface area contributed by atoms with Gasteiger partial charge in [-0.25, -0.2) is 13.1 Å². The Morgan fingerprint density at radius 3 is 2.87 bits per heavy atom. The van der Waals surface area contributed by atoms with E-state index in [1.807, 2.05) is 4.72 Å². The number of carbonyl (C=O) groups excluding carboxylic acids is 1. The van der Waals surface area contributed by atoms with Crippen molar-refractivity contribution >= 4 is 27.3 Å². The Morgan fingerprint density at radius 2 is 2.17 bits per heavy atom. The van der Waals surface area contributed by atoms with E-state index < -0.39 is 15.9 Å². The molecule has 1 amide bonds. The molecule has 23 heavy (non-hydrogen) atoms. The summed E-state index contributed by atoms with van der Waals surface area (Å²) in [5.41, 5.74) is 0. The number of hydrogen-bond donors (Lipinski definition) is 1. The molecule has 3 aromatic rings. The molecule has 0 atom stereocenters. The lowest BCUT2D eigenvalue weighted by Crippen LogP contribution is -2.30. The summed E-state index contributed by atoms with van der Waals surface area (Å²) < 4.78 is 36.0. The van der Waals surface area contributed by atoms with Crippen molar-refractivity contribution in [3.63, 3.8) is 0 Å². The molecule has 3 aromatic heterocycles. The number of aromatic nitrogens is 2. The second kappa shape index (κ2) is 6.34. The Bertz CT molecular complexity index is 882. The lowest BCUT2D eigenvalue weighted by molar-refractivity contribution is -0.119. The van der Waals surface area contributed by atoms with Gasteiger partial charge in [-0.1, -0.05) is 11.2 Å². The van der Waals surface area contributed by atoms with Crippen LogP contribution in [0.1, 0.15) is 12.3 Å². The molecule has 10 heteroatoms. The molecule has 120 valence electrons. The number of aryl methyl sites for hydroxylation is 1. The third-order valence-electron chi connectivity index (χ3n) is 2.78. The molecule has 8 nitrogen and oxygen atoms in total. The number of thiophene rings is 1. The van der Waals surface area contributed by atoms with Crippen LogP contribution in [0.2, 0.25) is 0 Å². The second-order valence-electron chi connectivity index (χ2n) is 4.45. The van der Waals surface area contributed by atoms with E-state index in [0.29, 0.717) is 5.76 Å². The standard InChI is InChI=1S/C13H11N3O5S2/c17-10(16-23(18,19)12-4-2-8-22-12)5-6-11-14-13(15-21-11)9-3-1-7-20-9/h1-4,7-8H,5-6H2,(H,16,17). The molecule has 0 radical (unpaired) electrons. The third kappa shape index (κ3) is 3.66. The molecule has 0 aliphatic heterocycles. The minimum atomic E-state index is -3.81. The summed E-state index contributed by atoms with van der Waals surface area (Å²) in [6.07, 6.45) is 1.51. The molecule has 0 fully saturated rings. The van der Waals surface area contributed by atoms with E-state index in [1.165, 1.54) is 12.3 Å². The fourth-order valence-electron chi connectivity index (χ4n) is 1.75. The van der Waals surface area contributed by atoms with Crippen LogP contribution in [-0.2, 0) is 21.2 Å². The average Bonchev–Trinajstić information content (AvgIpc) is 3.24. The van der Waals surface area contributed by atoms with Crippen LogP contribution in [0, 0.1) is 0 Å². The van der Waals surface area contributed by atoms with Gasteiger partial charge < -0.3 is 8.94 Å². The van der Waals surface area contributed by atoms with Gasteiger partial charge in [-0.2, -0.15) is 4.98 Å². The fourth-order valence-corrected chi connectivity index (χ4v) is 3.76. The van der Waals surface area contributed by atoms with E-state index in [9.17, 15) is 13.2 Å². The van der Waals surface area contributed by atoms with Gasteiger partial charge in [0.25, 0.3) is 10.0 Å². The van der Waals surface area contributed by atoms with Crippen LogP contribution >= 0.6 is 11.3 Å². The number of nitrogens with one attached hydrogen (secondary N) is 1. The van der Waals surface area contributed by atoms with Gasteiger partial charge in [0.2, 0.25) is 17.6 Å². The van der Waals surface area contributed by atoms with Crippen molar-refractivity contribution in [3.8, 4) is 11.6 Å². The Morgan fingerprint density at radius 1 is 1.30 bits per heavy atom. The van der Waals surface area contributed by atoms with Crippen LogP contribution in [0.3, 0.4) is 0 Å². The molecular formula is C13H11N3O5S2. The summed E-state index contributed by atoms with van der Waals surface area (Å²) in [7, 11) is -3.81. The zero-order valence-corrected chi connectivity index (χ0v) is 13.3. The number of nitrogens with zero attached hydrogens (tertiary/aromatic N) is 2. The van der Waals surface area contributed by atoms with Crippen molar-refractivity contribution in [2.24, 2.45) is 0 Å². The topological polar surface area (TPSA) is 115 Å². The molecule has 0 bridgehead atoms. The molecule has 0 saturated heterocycles. The molecule has 0 aliphatic carbocycles. The summed E-state index contributed by atoms with van der Waals surface area (Å²) in [6, 6.07) is 6.38. The van der Waals surface area contributed by atoms with Crippen LogP contribution in [-0.4, -0.2) is 24.5 Å². The first-order chi connectivity index (χ1) is 11.0.